The van der Waals surface area contributed by atoms with Crippen LogP contribution >= 0.6 is 0 Å². The van der Waals surface area contributed by atoms with Crippen molar-refractivity contribution < 1.29 is 9.90 Å². The highest BCUT2D eigenvalue weighted by molar-refractivity contribution is 5.78. The molecule has 0 aromatic heterocycles. The van der Waals surface area contributed by atoms with Crippen LogP contribution in [0.5, 0.6) is 0 Å². The molecule has 5 heteroatoms. The van der Waals surface area contributed by atoms with Crippen molar-refractivity contribution in [3.8, 4) is 0 Å². The summed E-state index contributed by atoms with van der Waals surface area (Å²) in [5.74, 6) is 0.0517. The Morgan fingerprint density at radius 1 is 1.61 bits per heavy atom. The summed E-state index contributed by atoms with van der Waals surface area (Å²) in [6, 6.07) is 0.686. The summed E-state index contributed by atoms with van der Waals surface area (Å²) >= 11 is 0. The summed E-state index contributed by atoms with van der Waals surface area (Å²) in [7, 11) is 0. The number of nitrogens with one attached hydrogen (secondary N) is 2. The highest BCUT2D eigenvalue weighted by Gasteiger charge is 2.19. The lowest BCUT2D eigenvalue weighted by Crippen LogP contribution is -2.45. The highest BCUT2D eigenvalue weighted by Crippen LogP contribution is 2.06. The van der Waals surface area contributed by atoms with Gasteiger partial charge in [0.1, 0.15) is 0 Å². The SMILES string of the molecule is CCC(C)NC(=O)CN(CCO)CC1CCCN1. The van der Waals surface area contributed by atoms with Crippen molar-refractivity contribution in [2.45, 2.75) is 45.2 Å². The van der Waals surface area contributed by atoms with Gasteiger partial charge in [-0.25, -0.2) is 0 Å². The van der Waals surface area contributed by atoms with Crippen LogP contribution in [0.2, 0.25) is 0 Å². The summed E-state index contributed by atoms with van der Waals surface area (Å²) in [4.78, 5) is 13.8. The number of carbonyl (C=O) groups is 1. The first-order chi connectivity index (χ1) is 8.65. The van der Waals surface area contributed by atoms with Crippen molar-refractivity contribution in [3.05, 3.63) is 0 Å². The Labute approximate surface area is 110 Å². The van der Waals surface area contributed by atoms with E-state index in [0.29, 0.717) is 19.1 Å². The van der Waals surface area contributed by atoms with Gasteiger partial charge < -0.3 is 15.7 Å². The predicted molar refractivity (Wildman–Crippen MR) is 72.4 cm³/mol. The van der Waals surface area contributed by atoms with E-state index >= 15 is 0 Å². The van der Waals surface area contributed by atoms with E-state index in [1.165, 1.54) is 6.42 Å². The van der Waals surface area contributed by atoms with Gasteiger partial charge in [-0.05, 0) is 32.7 Å². The molecule has 0 aliphatic carbocycles. The van der Waals surface area contributed by atoms with Gasteiger partial charge in [-0.2, -0.15) is 0 Å². The van der Waals surface area contributed by atoms with Gasteiger partial charge in [0.05, 0.1) is 13.2 Å². The highest BCUT2D eigenvalue weighted by atomic mass is 16.3. The molecule has 1 aliphatic heterocycles. The molecule has 2 unspecified atom stereocenters. The smallest absolute Gasteiger partial charge is 0.234 e. The number of hydrogen-bond donors (Lipinski definition) is 3. The fourth-order valence-electron chi connectivity index (χ4n) is 2.23. The molecule has 0 aromatic carbocycles. The first-order valence-electron chi connectivity index (χ1n) is 7.01. The summed E-state index contributed by atoms with van der Waals surface area (Å²) in [6.07, 6.45) is 3.31. The third-order valence-corrected chi connectivity index (χ3v) is 3.44. The second kappa shape index (κ2) is 8.45. The minimum atomic E-state index is 0.0517. The fraction of sp³-hybridized carbons (Fsp3) is 0.923. The molecule has 0 saturated carbocycles. The average Bonchev–Trinajstić information content (AvgIpc) is 2.81. The third-order valence-electron chi connectivity index (χ3n) is 3.44. The largest absolute Gasteiger partial charge is 0.395 e. The number of amides is 1. The van der Waals surface area contributed by atoms with E-state index in [4.69, 9.17) is 5.11 Å². The molecule has 0 aromatic rings. The summed E-state index contributed by atoms with van der Waals surface area (Å²) in [6.45, 7) is 7.01. The Kier molecular flexibility index (Phi) is 7.23. The van der Waals surface area contributed by atoms with Crippen LogP contribution in [0.15, 0.2) is 0 Å². The van der Waals surface area contributed by atoms with Crippen molar-refractivity contribution in [2.24, 2.45) is 0 Å². The lowest BCUT2D eigenvalue weighted by atomic mass is 10.2. The Hall–Kier alpha value is -0.650. The van der Waals surface area contributed by atoms with Crippen molar-refractivity contribution in [1.82, 2.24) is 15.5 Å². The maximum atomic E-state index is 11.8. The number of aliphatic hydroxyl groups is 1. The zero-order valence-electron chi connectivity index (χ0n) is 11.6. The molecule has 2 atom stereocenters. The Morgan fingerprint density at radius 2 is 2.39 bits per heavy atom. The minimum absolute atomic E-state index is 0.0517. The first kappa shape index (κ1) is 15.4. The van der Waals surface area contributed by atoms with Crippen LogP contribution in [-0.2, 0) is 4.79 Å². The fourth-order valence-corrected chi connectivity index (χ4v) is 2.23. The molecule has 0 bridgehead atoms. The van der Waals surface area contributed by atoms with Gasteiger partial charge in [0, 0.05) is 25.2 Å². The summed E-state index contributed by atoms with van der Waals surface area (Å²) < 4.78 is 0. The molecular weight excluding hydrogens is 230 g/mol. The van der Waals surface area contributed by atoms with Gasteiger partial charge in [-0.3, -0.25) is 9.69 Å². The van der Waals surface area contributed by atoms with Crippen LogP contribution in [0.4, 0.5) is 0 Å². The number of hydrogen-bond acceptors (Lipinski definition) is 4. The zero-order valence-corrected chi connectivity index (χ0v) is 11.6. The monoisotopic (exact) mass is 257 g/mol. The molecule has 106 valence electrons. The Balaban J connectivity index is 2.33. The normalized spacial score (nSPS) is 21.2. The lowest BCUT2D eigenvalue weighted by molar-refractivity contribution is -0.123. The Morgan fingerprint density at radius 3 is 2.94 bits per heavy atom. The molecule has 0 radical (unpaired) electrons. The standard InChI is InChI=1S/C13H27N3O2/c1-3-11(2)15-13(18)10-16(7-8-17)9-12-5-4-6-14-12/h11-12,14,17H,3-10H2,1-2H3,(H,15,18). The Bertz CT molecular complexity index is 242. The molecule has 1 amide bonds. The van der Waals surface area contributed by atoms with Gasteiger partial charge in [0.15, 0.2) is 0 Å². The second-order valence-corrected chi connectivity index (χ2v) is 5.13. The van der Waals surface area contributed by atoms with Crippen LogP contribution in [0.25, 0.3) is 0 Å². The predicted octanol–water partition coefficient (Wildman–Crippen LogP) is -0.0526. The lowest BCUT2D eigenvalue weighted by Gasteiger charge is -2.25. The van der Waals surface area contributed by atoms with Crippen LogP contribution in [0, 0.1) is 0 Å². The van der Waals surface area contributed by atoms with Crippen molar-refractivity contribution in [2.75, 3.05) is 32.8 Å². The van der Waals surface area contributed by atoms with Crippen LogP contribution in [0.3, 0.4) is 0 Å². The number of aliphatic hydroxyl groups excluding tert-OH is 1. The molecular formula is C13H27N3O2. The van der Waals surface area contributed by atoms with E-state index in [-0.39, 0.29) is 18.6 Å². The van der Waals surface area contributed by atoms with Crippen LogP contribution in [-0.4, -0.2) is 60.8 Å². The topological polar surface area (TPSA) is 64.6 Å². The van der Waals surface area contributed by atoms with Crippen LogP contribution < -0.4 is 10.6 Å². The van der Waals surface area contributed by atoms with Crippen molar-refractivity contribution >= 4 is 5.91 Å². The molecule has 0 spiro atoms. The number of carbonyl (C=O) groups excluding carboxylic acids is 1. The van der Waals surface area contributed by atoms with E-state index in [0.717, 1.165) is 25.9 Å². The van der Waals surface area contributed by atoms with Crippen LogP contribution in [0.1, 0.15) is 33.1 Å². The van der Waals surface area contributed by atoms with Crippen molar-refractivity contribution in [3.63, 3.8) is 0 Å². The molecule has 1 heterocycles. The molecule has 1 fully saturated rings. The van der Waals surface area contributed by atoms with E-state index < -0.39 is 0 Å². The van der Waals surface area contributed by atoms with Gasteiger partial charge in [-0.15, -0.1) is 0 Å². The molecule has 1 rings (SSSR count). The van der Waals surface area contributed by atoms with Gasteiger partial charge >= 0.3 is 0 Å². The molecule has 18 heavy (non-hydrogen) atoms. The van der Waals surface area contributed by atoms with Gasteiger partial charge in [0.2, 0.25) is 5.91 Å². The maximum absolute atomic E-state index is 11.8. The zero-order chi connectivity index (χ0) is 13.4. The number of nitrogens with zero attached hydrogens (tertiary/aromatic N) is 1. The van der Waals surface area contributed by atoms with E-state index in [1.54, 1.807) is 0 Å². The summed E-state index contributed by atoms with van der Waals surface area (Å²) in [5, 5.41) is 15.4. The molecule has 1 saturated heterocycles. The first-order valence-corrected chi connectivity index (χ1v) is 7.01. The van der Waals surface area contributed by atoms with E-state index in [9.17, 15) is 4.79 Å². The van der Waals surface area contributed by atoms with Gasteiger partial charge in [0.25, 0.3) is 0 Å². The summed E-state index contributed by atoms with van der Waals surface area (Å²) in [5.41, 5.74) is 0. The maximum Gasteiger partial charge on any atom is 0.234 e. The average molecular weight is 257 g/mol. The number of rotatable bonds is 8. The molecule has 1 aliphatic rings. The minimum Gasteiger partial charge on any atom is -0.395 e. The third kappa shape index (κ3) is 5.80. The molecule has 3 N–H and O–H groups in total. The second-order valence-electron chi connectivity index (χ2n) is 5.13. The quantitative estimate of drug-likeness (QED) is 0.570. The van der Waals surface area contributed by atoms with E-state index in [1.807, 2.05) is 11.8 Å². The molecule has 5 nitrogen and oxygen atoms in total. The van der Waals surface area contributed by atoms with E-state index in [2.05, 4.69) is 17.6 Å². The van der Waals surface area contributed by atoms with Gasteiger partial charge in [-0.1, -0.05) is 6.92 Å². The van der Waals surface area contributed by atoms with Crippen molar-refractivity contribution in [1.29, 1.82) is 0 Å².